The number of rotatable bonds is 8. The van der Waals surface area contributed by atoms with Crippen molar-refractivity contribution in [3.8, 4) is 0 Å². The van der Waals surface area contributed by atoms with Crippen LogP contribution in [-0.2, 0) is 19.1 Å². The summed E-state index contributed by atoms with van der Waals surface area (Å²) >= 11 is 2.97. The van der Waals surface area contributed by atoms with Crippen molar-refractivity contribution in [2.45, 2.75) is 32.8 Å². The van der Waals surface area contributed by atoms with Crippen LogP contribution in [0.5, 0.6) is 0 Å². The van der Waals surface area contributed by atoms with Crippen molar-refractivity contribution < 1.29 is 23.9 Å². The highest BCUT2D eigenvalue weighted by atomic mass is 79.9. The molecule has 0 heterocycles. The van der Waals surface area contributed by atoms with Gasteiger partial charge in [0.1, 0.15) is 0 Å². The van der Waals surface area contributed by atoms with Crippen LogP contribution in [0.3, 0.4) is 0 Å². The zero-order valence-corrected chi connectivity index (χ0v) is 14.1. The maximum Gasteiger partial charge on any atom is 0.405 e. The minimum Gasteiger partial charge on any atom is -0.436 e. The molecule has 0 spiro atoms. The fourth-order valence-electron chi connectivity index (χ4n) is 1.52. The van der Waals surface area contributed by atoms with E-state index in [0.29, 0.717) is 0 Å². The summed E-state index contributed by atoms with van der Waals surface area (Å²) in [5, 5.41) is 0.886. The van der Waals surface area contributed by atoms with E-state index in [0.717, 1.165) is 5.01 Å². The second kappa shape index (κ2) is 9.98. The van der Waals surface area contributed by atoms with Crippen LogP contribution in [0.4, 0.5) is 4.79 Å². The van der Waals surface area contributed by atoms with Gasteiger partial charge in [0.25, 0.3) is 11.8 Å². The maximum atomic E-state index is 12.1. The number of nitrogens with zero attached hydrogens (tertiary/aromatic N) is 1. The third kappa shape index (κ3) is 8.45. The summed E-state index contributed by atoms with van der Waals surface area (Å²) in [5.41, 5.74) is 12.3. The largest absolute Gasteiger partial charge is 0.436 e. The summed E-state index contributed by atoms with van der Waals surface area (Å²) in [7, 11) is 0. The lowest BCUT2D eigenvalue weighted by atomic mass is 10.1. The van der Waals surface area contributed by atoms with E-state index in [1.807, 2.05) is 13.8 Å². The molecule has 0 aromatic heterocycles. The standard InChI is InChI=1S/C12H21BrN4O5/c1-7(2)5-8(22-12(15)21)11(20)16-17(10(19)6-13)4-3-9(14)18/h7-8H,3-6H2,1-2H3,(H2,14,18)(H2,15,21)(H,16,20)/t8-/m0/s1. The number of nitrogens with two attached hydrogens (primary N) is 2. The van der Waals surface area contributed by atoms with Gasteiger partial charge in [0.05, 0.1) is 11.9 Å². The molecule has 4 amide bonds. The number of carbonyl (C=O) groups excluding carboxylic acids is 4. The SMILES string of the molecule is CC(C)C[C@H](OC(N)=O)C(=O)NN(CCC(N)=O)C(=O)CBr. The van der Waals surface area contributed by atoms with E-state index in [-0.39, 0.29) is 30.6 Å². The Morgan fingerprint density at radius 3 is 2.23 bits per heavy atom. The van der Waals surface area contributed by atoms with E-state index in [9.17, 15) is 19.2 Å². The Balaban J connectivity index is 4.88. The second-order valence-electron chi connectivity index (χ2n) is 4.93. The van der Waals surface area contributed by atoms with Crippen LogP contribution in [-0.4, -0.2) is 46.8 Å². The lowest BCUT2D eigenvalue weighted by Gasteiger charge is -2.25. The Bertz CT molecular complexity index is 430. The lowest BCUT2D eigenvalue weighted by molar-refractivity contribution is -0.144. The molecule has 0 saturated heterocycles. The molecule has 5 N–H and O–H groups in total. The van der Waals surface area contributed by atoms with Gasteiger partial charge >= 0.3 is 6.09 Å². The summed E-state index contributed by atoms with van der Waals surface area (Å²) in [6, 6.07) is 0. The fourth-order valence-corrected chi connectivity index (χ4v) is 1.82. The molecular weight excluding hydrogens is 360 g/mol. The minimum atomic E-state index is -1.13. The predicted molar refractivity (Wildman–Crippen MR) is 81.4 cm³/mol. The molecule has 1 atom stereocenters. The lowest BCUT2D eigenvalue weighted by Crippen LogP contribution is -2.52. The number of alkyl halides is 1. The van der Waals surface area contributed by atoms with Crippen LogP contribution >= 0.6 is 15.9 Å². The van der Waals surface area contributed by atoms with Crippen molar-refractivity contribution >= 4 is 39.7 Å². The number of hydrazine groups is 1. The molecule has 0 aliphatic rings. The van der Waals surface area contributed by atoms with Gasteiger partial charge in [-0.25, -0.2) is 4.79 Å². The number of nitrogens with one attached hydrogen (secondary N) is 1. The Hall–Kier alpha value is -1.84. The van der Waals surface area contributed by atoms with Crippen LogP contribution in [0.25, 0.3) is 0 Å². The molecule has 0 unspecified atom stereocenters. The molecule has 0 rings (SSSR count). The molecule has 0 fully saturated rings. The first-order chi connectivity index (χ1) is 10.2. The number of hydrogen-bond donors (Lipinski definition) is 3. The smallest absolute Gasteiger partial charge is 0.405 e. The third-order valence-electron chi connectivity index (χ3n) is 2.48. The Morgan fingerprint density at radius 1 is 1.23 bits per heavy atom. The Morgan fingerprint density at radius 2 is 1.82 bits per heavy atom. The summed E-state index contributed by atoms with van der Waals surface area (Å²) in [6.07, 6.45) is -2.10. The number of carbonyl (C=O) groups is 4. The van der Waals surface area contributed by atoms with Crippen molar-refractivity contribution in [1.82, 2.24) is 10.4 Å². The molecule has 0 aromatic carbocycles. The number of primary amides is 2. The van der Waals surface area contributed by atoms with Crippen molar-refractivity contribution in [2.75, 3.05) is 11.9 Å². The summed E-state index contributed by atoms with van der Waals surface area (Å²) in [4.78, 5) is 45.5. The van der Waals surface area contributed by atoms with Gasteiger partial charge < -0.3 is 16.2 Å². The van der Waals surface area contributed by atoms with Gasteiger partial charge in [-0.2, -0.15) is 0 Å². The molecule has 9 nitrogen and oxygen atoms in total. The Kier molecular flexibility index (Phi) is 9.15. The average Bonchev–Trinajstić information content (AvgIpc) is 2.40. The number of hydrogen-bond acceptors (Lipinski definition) is 5. The molecule has 0 saturated carbocycles. The van der Waals surface area contributed by atoms with Gasteiger partial charge in [-0.3, -0.25) is 24.8 Å². The molecule has 22 heavy (non-hydrogen) atoms. The fraction of sp³-hybridized carbons (Fsp3) is 0.667. The molecule has 0 aliphatic heterocycles. The normalized spacial score (nSPS) is 11.6. The number of halogens is 1. The molecule has 126 valence electrons. The molecule has 0 aliphatic carbocycles. The van der Waals surface area contributed by atoms with Crippen LogP contribution < -0.4 is 16.9 Å². The van der Waals surface area contributed by atoms with Gasteiger partial charge in [-0.15, -0.1) is 0 Å². The first-order valence-corrected chi connectivity index (χ1v) is 7.70. The first kappa shape index (κ1) is 20.2. The van der Waals surface area contributed by atoms with Crippen LogP contribution in [0.1, 0.15) is 26.7 Å². The van der Waals surface area contributed by atoms with Crippen LogP contribution in [0, 0.1) is 5.92 Å². The van der Waals surface area contributed by atoms with E-state index < -0.39 is 29.9 Å². The van der Waals surface area contributed by atoms with Gasteiger partial charge in [-0.1, -0.05) is 29.8 Å². The van der Waals surface area contributed by atoms with Gasteiger partial charge in [0.2, 0.25) is 5.91 Å². The van der Waals surface area contributed by atoms with E-state index >= 15 is 0 Å². The summed E-state index contributed by atoms with van der Waals surface area (Å²) in [6.45, 7) is 3.58. The van der Waals surface area contributed by atoms with E-state index in [1.165, 1.54) is 0 Å². The summed E-state index contributed by atoms with van der Waals surface area (Å²) < 4.78 is 4.75. The molecule has 0 radical (unpaired) electrons. The predicted octanol–water partition coefficient (Wildman–Crippen LogP) is -0.373. The van der Waals surface area contributed by atoms with Crippen molar-refractivity contribution in [3.05, 3.63) is 0 Å². The molecule has 0 aromatic rings. The van der Waals surface area contributed by atoms with Gasteiger partial charge in [0.15, 0.2) is 6.10 Å². The zero-order chi connectivity index (χ0) is 17.3. The van der Waals surface area contributed by atoms with Crippen LogP contribution in [0.2, 0.25) is 0 Å². The van der Waals surface area contributed by atoms with Crippen molar-refractivity contribution in [1.29, 1.82) is 0 Å². The molecule has 0 bridgehead atoms. The monoisotopic (exact) mass is 380 g/mol. The number of ether oxygens (including phenoxy) is 1. The van der Waals surface area contributed by atoms with Crippen LogP contribution in [0.15, 0.2) is 0 Å². The number of amides is 4. The highest BCUT2D eigenvalue weighted by molar-refractivity contribution is 9.09. The summed E-state index contributed by atoms with van der Waals surface area (Å²) in [5.74, 6) is -1.74. The van der Waals surface area contributed by atoms with Crippen molar-refractivity contribution in [2.24, 2.45) is 17.4 Å². The van der Waals surface area contributed by atoms with E-state index in [2.05, 4.69) is 21.4 Å². The first-order valence-electron chi connectivity index (χ1n) is 6.58. The van der Waals surface area contributed by atoms with Gasteiger partial charge in [-0.05, 0) is 12.3 Å². The second-order valence-corrected chi connectivity index (χ2v) is 5.49. The van der Waals surface area contributed by atoms with Crippen molar-refractivity contribution in [3.63, 3.8) is 0 Å². The Labute approximate surface area is 136 Å². The quantitative estimate of drug-likeness (QED) is 0.388. The zero-order valence-electron chi connectivity index (χ0n) is 12.5. The van der Waals surface area contributed by atoms with E-state index in [1.54, 1.807) is 0 Å². The van der Waals surface area contributed by atoms with E-state index in [4.69, 9.17) is 16.2 Å². The average molecular weight is 381 g/mol. The minimum absolute atomic E-state index is 0.0565. The van der Waals surface area contributed by atoms with Gasteiger partial charge in [0, 0.05) is 6.42 Å². The maximum absolute atomic E-state index is 12.1. The highest BCUT2D eigenvalue weighted by Gasteiger charge is 2.26. The molecular formula is C12H21BrN4O5. The highest BCUT2D eigenvalue weighted by Crippen LogP contribution is 2.09. The third-order valence-corrected chi connectivity index (χ3v) is 2.96. The molecule has 10 heteroatoms. The topological polar surface area (TPSA) is 145 Å².